The molecule has 0 bridgehead atoms. The average molecular weight is 315 g/mol. The third-order valence-electron chi connectivity index (χ3n) is 2.88. The van der Waals surface area contributed by atoms with Crippen molar-refractivity contribution in [3.05, 3.63) is 35.4 Å². The molecule has 1 atom stereocenters. The topological polar surface area (TPSA) is 23.5 Å². The van der Waals surface area contributed by atoms with Crippen LogP contribution in [0.15, 0.2) is 24.3 Å². The van der Waals surface area contributed by atoms with E-state index in [4.69, 9.17) is 0 Å². The average Bonchev–Trinajstić information content (AvgIpc) is 2.35. The largest absolute Gasteiger partial charge is 0.416 e. The highest BCUT2D eigenvalue weighted by Gasteiger charge is 2.32. The summed E-state index contributed by atoms with van der Waals surface area (Å²) in [5.74, 6) is 0. The van der Waals surface area contributed by atoms with Crippen LogP contribution in [0.4, 0.5) is 26.3 Å². The van der Waals surface area contributed by atoms with Crippen molar-refractivity contribution in [3.8, 4) is 0 Å². The summed E-state index contributed by atoms with van der Waals surface area (Å²) in [4.78, 5) is 0.922. The van der Waals surface area contributed by atoms with Gasteiger partial charge in [0.05, 0.1) is 18.2 Å². The van der Waals surface area contributed by atoms with E-state index in [9.17, 15) is 31.4 Å². The number of likely N-dealkylation sites (N-methyl/N-ethyl adjacent to an activating group) is 1. The SMILES string of the molecule is CCN(CC(O)c1cccc(C(F)(F)F)c1)CC(F)(F)F. The van der Waals surface area contributed by atoms with Crippen LogP contribution < -0.4 is 0 Å². The molecule has 2 nitrogen and oxygen atoms in total. The van der Waals surface area contributed by atoms with Gasteiger partial charge < -0.3 is 5.11 Å². The number of aliphatic hydroxyl groups is 1. The Morgan fingerprint density at radius 3 is 2.24 bits per heavy atom. The van der Waals surface area contributed by atoms with E-state index in [0.29, 0.717) is 0 Å². The molecule has 1 aromatic rings. The molecule has 0 fully saturated rings. The number of halogens is 6. The van der Waals surface area contributed by atoms with E-state index in [1.54, 1.807) is 0 Å². The van der Waals surface area contributed by atoms with Gasteiger partial charge >= 0.3 is 12.4 Å². The van der Waals surface area contributed by atoms with E-state index >= 15 is 0 Å². The van der Waals surface area contributed by atoms with Gasteiger partial charge in [-0.25, -0.2) is 0 Å². The van der Waals surface area contributed by atoms with Crippen LogP contribution in [-0.4, -0.2) is 35.8 Å². The molecule has 1 aromatic carbocycles. The molecule has 0 amide bonds. The fourth-order valence-corrected chi connectivity index (χ4v) is 1.83. The Kier molecular flexibility index (Phi) is 5.63. The first-order chi connectivity index (χ1) is 9.53. The van der Waals surface area contributed by atoms with Gasteiger partial charge in [-0.1, -0.05) is 19.1 Å². The van der Waals surface area contributed by atoms with Gasteiger partial charge in [-0.3, -0.25) is 4.90 Å². The lowest BCUT2D eigenvalue weighted by molar-refractivity contribution is -0.148. The predicted octanol–water partition coefficient (Wildman–Crippen LogP) is 3.62. The minimum absolute atomic E-state index is 0.0233. The molecule has 1 rings (SSSR count). The highest BCUT2D eigenvalue weighted by atomic mass is 19.4. The molecule has 120 valence electrons. The number of hydrogen-bond acceptors (Lipinski definition) is 2. The quantitative estimate of drug-likeness (QED) is 0.839. The second kappa shape index (κ2) is 6.65. The molecule has 0 heterocycles. The van der Waals surface area contributed by atoms with Crippen molar-refractivity contribution >= 4 is 0 Å². The van der Waals surface area contributed by atoms with Crippen molar-refractivity contribution < 1.29 is 31.4 Å². The van der Waals surface area contributed by atoms with Gasteiger partial charge in [-0.2, -0.15) is 26.3 Å². The van der Waals surface area contributed by atoms with Crippen LogP contribution in [0.25, 0.3) is 0 Å². The second-order valence-corrected chi connectivity index (χ2v) is 4.58. The zero-order valence-electron chi connectivity index (χ0n) is 11.2. The van der Waals surface area contributed by atoms with E-state index in [1.165, 1.54) is 13.0 Å². The van der Waals surface area contributed by atoms with Crippen LogP contribution in [0.3, 0.4) is 0 Å². The van der Waals surface area contributed by atoms with E-state index in [2.05, 4.69) is 0 Å². The Bertz CT molecular complexity index is 457. The normalized spacial score (nSPS) is 14.5. The van der Waals surface area contributed by atoms with Gasteiger partial charge in [0, 0.05) is 6.54 Å². The maximum absolute atomic E-state index is 12.5. The molecule has 0 saturated carbocycles. The Hall–Kier alpha value is -1.28. The standard InChI is InChI=1S/C13H15F6NO/c1-2-20(8-12(14,15)16)7-11(21)9-4-3-5-10(6-9)13(17,18)19/h3-6,11,21H,2,7-8H2,1H3. The third-order valence-corrected chi connectivity index (χ3v) is 2.88. The molecule has 1 unspecified atom stereocenters. The van der Waals surface area contributed by atoms with Crippen LogP contribution in [0.5, 0.6) is 0 Å². The number of rotatable bonds is 5. The summed E-state index contributed by atoms with van der Waals surface area (Å²) in [6.07, 6.45) is -10.4. The van der Waals surface area contributed by atoms with Crippen LogP contribution in [-0.2, 0) is 6.18 Å². The Morgan fingerprint density at radius 1 is 1.14 bits per heavy atom. The summed E-state index contributed by atoms with van der Waals surface area (Å²) < 4.78 is 74.5. The predicted molar refractivity (Wildman–Crippen MR) is 64.6 cm³/mol. The molecule has 0 radical (unpaired) electrons. The molecule has 8 heteroatoms. The Balaban J connectivity index is 2.81. The highest BCUT2D eigenvalue weighted by Crippen LogP contribution is 2.31. The Morgan fingerprint density at radius 2 is 1.76 bits per heavy atom. The van der Waals surface area contributed by atoms with Crippen molar-refractivity contribution in [1.82, 2.24) is 4.90 Å². The molecule has 0 spiro atoms. The van der Waals surface area contributed by atoms with E-state index in [0.717, 1.165) is 23.1 Å². The summed E-state index contributed by atoms with van der Waals surface area (Å²) in [6, 6.07) is 3.94. The summed E-state index contributed by atoms with van der Waals surface area (Å²) in [5, 5.41) is 9.83. The molecular weight excluding hydrogens is 300 g/mol. The van der Waals surface area contributed by atoms with E-state index in [-0.39, 0.29) is 12.1 Å². The number of hydrogen-bond donors (Lipinski definition) is 1. The van der Waals surface area contributed by atoms with Crippen molar-refractivity contribution in [2.45, 2.75) is 25.4 Å². The molecule has 0 aliphatic rings. The summed E-state index contributed by atoms with van der Waals surface area (Å²) in [5.41, 5.74) is -1.01. The van der Waals surface area contributed by atoms with E-state index in [1.807, 2.05) is 0 Å². The van der Waals surface area contributed by atoms with Crippen LogP contribution in [0.1, 0.15) is 24.2 Å². The molecule has 21 heavy (non-hydrogen) atoms. The van der Waals surface area contributed by atoms with Crippen LogP contribution in [0.2, 0.25) is 0 Å². The van der Waals surface area contributed by atoms with Gasteiger partial charge in [0.2, 0.25) is 0 Å². The highest BCUT2D eigenvalue weighted by molar-refractivity contribution is 5.27. The van der Waals surface area contributed by atoms with Crippen molar-refractivity contribution in [3.63, 3.8) is 0 Å². The van der Waals surface area contributed by atoms with Gasteiger partial charge in [0.1, 0.15) is 0 Å². The number of aliphatic hydroxyl groups excluding tert-OH is 1. The van der Waals surface area contributed by atoms with Crippen molar-refractivity contribution in [2.75, 3.05) is 19.6 Å². The fraction of sp³-hybridized carbons (Fsp3) is 0.538. The zero-order valence-corrected chi connectivity index (χ0v) is 11.2. The zero-order chi connectivity index (χ0) is 16.3. The summed E-state index contributed by atoms with van der Waals surface area (Å²) in [6.45, 7) is -0.114. The van der Waals surface area contributed by atoms with Gasteiger partial charge in [0.15, 0.2) is 0 Å². The third kappa shape index (κ3) is 5.92. The monoisotopic (exact) mass is 315 g/mol. The maximum Gasteiger partial charge on any atom is 0.416 e. The molecule has 0 saturated heterocycles. The van der Waals surface area contributed by atoms with Gasteiger partial charge in [0.25, 0.3) is 0 Å². The lowest BCUT2D eigenvalue weighted by atomic mass is 10.1. The molecule has 0 aliphatic heterocycles. The summed E-state index contributed by atoms with van der Waals surface area (Å²) >= 11 is 0. The first-order valence-corrected chi connectivity index (χ1v) is 6.17. The van der Waals surface area contributed by atoms with Crippen molar-refractivity contribution in [2.24, 2.45) is 0 Å². The number of alkyl halides is 6. The molecule has 0 aliphatic carbocycles. The van der Waals surface area contributed by atoms with Crippen molar-refractivity contribution in [1.29, 1.82) is 0 Å². The fourth-order valence-electron chi connectivity index (χ4n) is 1.83. The van der Waals surface area contributed by atoms with Crippen LogP contribution in [0, 0.1) is 0 Å². The first kappa shape index (κ1) is 17.8. The minimum atomic E-state index is -4.56. The molecule has 1 N–H and O–H groups in total. The minimum Gasteiger partial charge on any atom is -0.387 e. The maximum atomic E-state index is 12.5. The lowest BCUT2D eigenvalue weighted by Gasteiger charge is -2.25. The number of benzene rings is 1. The number of nitrogens with zero attached hydrogens (tertiary/aromatic N) is 1. The van der Waals surface area contributed by atoms with E-state index < -0.39 is 37.1 Å². The van der Waals surface area contributed by atoms with Gasteiger partial charge in [-0.15, -0.1) is 0 Å². The summed E-state index contributed by atoms with van der Waals surface area (Å²) in [7, 11) is 0. The first-order valence-electron chi connectivity index (χ1n) is 6.17. The Labute approximate surface area is 118 Å². The second-order valence-electron chi connectivity index (χ2n) is 4.58. The molecule has 0 aromatic heterocycles. The van der Waals surface area contributed by atoms with Crippen LogP contribution >= 0.6 is 0 Å². The molecular formula is C13H15F6NO. The smallest absolute Gasteiger partial charge is 0.387 e. The lowest BCUT2D eigenvalue weighted by Crippen LogP contribution is -2.37. The van der Waals surface area contributed by atoms with Gasteiger partial charge in [-0.05, 0) is 24.2 Å².